The highest BCUT2D eigenvalue weighted by Crippen LogP contribution is 2.22. The van der Waals surface area contributed by atoms with Crippen LogP contribution >= 0.6 is 0 Å². The number of hydrogen-bond acceptors (Lipinski definition) is 4. The first kappa shape index (κ1) is 16.1. The molecule has 124 valence electrons. The molecular formula is C18H18N2O4. The Morgan fingerprint density at radius 3 is 2.54 bits per heavy atom. The predicted molar refractivity (Wildman–Crippen MR) is 88.5 cm³/mol. The fourth-order valence-electron chi connectivity index (χ4n) is 2.77. The summed E-state index contributed by atoms with van der Waals surface area (Å²) in [4.78, 5) is 24.5. The first-order valence-corrected chi connectivity index (χ1v) is 7.81. The molecule has 6 heteroatoms. The topological polar surface area (TPSA) is 72.7 Å². The van der Waals surface area contributed by atoms with Crippen molar-refractivity contribution in [3.8, 4) is 0 Å². The molecule has 0 aromatic heterocycles. The van der Waals surface area contributed by atoms with Gasteiger partial charge in [0, 0.05) is 18.7 Å². The summed E-state index contributed by atoms with van der Waals surface area (Å²) >= 11 is 0. The number of nitrogens with zero attached hydrogens (tertiary/aromatic N) is 2. The molecule has 24 heavy (non-hydrogen) atoms. The minimum Gasteiger partial charge on any atom is -0.370 e. The van der Waals surface area contributed by atoms with Gasteiger partial charge in [0.25, 0.3) is 5.69 Å². The largest absolute Gasteiger partial charge is 0.370 e. The van der Waals surface area contributed by atoms with Crippen molar-refractivity contribution >= 4 is 11.6 Å². The lowest BCUT2D eigenvalue weighted by Crippen LogP contribution is -2.42. The van der Waals surface area contributed by atoms with Gasteiger partial charge < -0.3 is 9.64 Å². The second-order valence-electron chi connectivity index (χ2n) is 5.71. The van der Waals surface area contributed by atoms with E-state index in [1.165, 1.54) is 12.1 Å². The Hall–Kier alpha value is -2.73. The fraction of sp³-hybridized carbons (Fsp3) is 0.278. The van der Waals surface area contributed by atoms with Gasteiger partial charge in [-0.05, 0) is 11.1 Å². The molecule has 1 fully saturated rings. The molecule has 1 aliphatic heterocycles. The van der Waals surface area contributed by atoms with Crippen LogP contribution < -0.4 is 0 Å². The Balaban J connectivity index is 1.63. The number of hydrogen-bond donors (Lipinski definition) is 0. The van der Waals surface area contributed by atoms with Gasteiger partial charge in [-0.1, -0.05) is 42.5 Å². The molecule has 0 radical (unpaired) electrons. The van der Waals surface area contributed by atoms with Crippen LogP contribution in [0, 0.1) is 10.1 Å². The molecule has 3 rings (SSSR count). The van der Waals surface area contributed by atoms with Crippen molar-refractivity contribution in [2.75, 3.05) is 19.7 Å². The molecule has 0 N–H and O–H groups in total. The lowest BCUT2D eigenvalue weighted by atomic mass is 10.1. The zero-order valence-corrected chi connectivity index (χ0v) is 13.1. The monoisotopic (exact) mass is 326 g/mol. The summed E-state index contributed by atoms with van der Waals surface area (Å²) in [5.74, 6) is 0.00749. The highest BCUT2D eigenvalue weighted by Gasteiger charge is 2.25. The van der Waals surface area contributed by atoms with Crippen molar-refractivity contribution < 1.29 is 14.5 Å². The van der Waals surface area contributed by atoms with Gasteiger partial charge in [-0.3, -0.25) is 14.9 Å². The molecule has 1 aliphatic rings. The molecule has 1 amide bonds. The maximum atomic E-state index is 12.5. The third-order valence-corrected chi connectivity index (χ3v) is 4.09. The van der Waals surface area contributed by atoms with Crippen LogP contribution in [0.15, 0.2) is 54.6 Å². The van der Waals surface area contributed by atoms with Crippen molar-refractivity contribution in [1.82, 2.24) is 4.90 Å². The van der Waals surface area contributed by atoms with E-state index in [9.17, 15) is 14.9 Å². The number of morpholine rings is 1. The number of carbonyl (C=O) groups is 1. The molecule has 0 bridgehead atoms. The van der Waals surface area contributed by atoms with Crippen LogP contribution in [0.5, 0.6) is 0 Å². The lowest BCUT2D eigenvalue weighted by Gasteiger charge is -2.33. The van der Waals surface area contributed by atoms with E-state index in [-0.39, 0.29) is 24.1 Å². The molecule has 2 aromatic rings. The van der Waals surface area contributed by atoms with Gasteiger partial charge in [-0.25, -0.2) is 0 Å². The standard InChI is InChI=1S/C18H18N2O4/c21-18(12-14-6-8-16(9-7-14)20(22)23)19-10-11-24-17(13-19)15-4-2-1-3-5-15/h1-9,17H,10-13H2/t17-/m1/s1. The minimum absolute atomic E-state index is 0.00749. The summed E-state index contributed by atoms with van der Waals surface area (Å²) in [6.45, 7) is 1.59. The van der Waals surface area contributed by atoms with E-state index < -0.39 is 4.92 Å². The first-order chi connectivity index (χ1) is 11.6. The van der Waals surface area contributed by atoms with Crippen LogP contribution in [0.2, 0.25) is 0 Å². The molecule has 6 nitrogen and oxygen atoms in total. The van der Waals surface area contributed by atoms with Gasteiger partial charge in [0.2, 0.25) is 5.91 Å². The van der Waals surface area contributed by atoms with Crippen molar-refractivity contribution in [2.24, 2.45) is 0 Å². The second kappa shape index (κ2) is 7.23. The Kier molecular flexibility index (Phi) is 4.86. The van der Waals surface area contributed by atoms with Gasteiger partial charge in [-0.2, -0.15) is 0 Å². The van der Waals surface area contributed by atoms with Gasteiger partial charge in [0.15, 0.2) is 0 Å². The summed E-state index contributed by atoms with van der Waals surface area (Å²) < 4.78 is 5.77. The number of non-ortho nitro benzene ring substituents is 1. The summed E-state index contributed by atoms with van der Waals surface area (Å²) in [6, 6.07) is 16.0. The molecular weight excluding hydrogens is 308 g/mol. The SMILES string of the molecule is O=C(Cc1ccc([N+](=O)[O-])cc1)N1CCO[C@@H](c2ccccc2)C1. The second-order valence-corrected chi connectivity index (χ2v) is 5.71. The van der Waals surface area contributed by atoms with E-state index in [4.69, 9.17) is 4.74 Å². The zero-order valence-electron chi connectivity index (χ0n) is 13.1. The summed E-state index contributed by atoms with van der Waals surface area (Å²) in [6.07, 6.45) is 0.125. The zero-order chi connectivity index (χ0) is 16.9. The van der Waals surface area contributed by atoms with E-state index in [1.54, 1.807) is 17.0 Å². The van der Waals surface area contributed by atoms with Crippen LogP contribution in [0.25, 0.3) is 0 Å². The third-order valence-electron chi connectivity index (χ3n) is 4.09. The average molecular weight is 326 g/mol. The highest BCUT2D eigenvalue weighted by molar-refractivity contribution is 5.79. The lowest BCUT2D eigenvalue weighted by molar-refractivity contribution is -0.384. The van der Waals surface area contributed by atoms with Crippen LogP contribution in [0.1, 0.15) is 17.2 Å². The molecule has 1 heterocycles. The van der Waals surface area contributed by atoms with Crippen molar-refractivity contribution in [3.05, 3.63) is 75.8 Å². The molecule has 0 saturated carbocycles. The number of carbonyl (C=O) groups excluding carboxylic acids is 1. The molecule has 1 atom stereocenters. The van der Waals surface area contributed by atoms with E-state index in [1.807, 2.05) is 30.3 Å². The van der Waals surface area contributed by atoms with Gasteiger partial charge >= 0.3 is 0 Å². The minimum atomic E-state index is -0.446. The Morgan fingerprint density at radius 2 is 1.88 bits per heavy atom. The first-order valence-electron chi connectivity index (χ1n) is 7.81. The van der Waals surface area contributed by atoms with E-state index >= 15 is 0 Å². The number of benzene rings is 2. The maximum Gasteiger partial charge on any atom is 0.269 e. The summed E-state index contributed by atoms with van der Waals surface area (Å²) in [7, 11) is 0. The molecule has 0 spiro atoms. The fourth-order valence-corrected chi connectivity index (χ4v) is 2.77. The molecule has 2 aromatic carbocycles. The van der Waals surface area contributed by atoms with Crippen molar-refractivity contribution in [2.45, 2.75) is 12.5 Å². The van der Waals surface area contributed by atoms with Crippen LogP contribution in [0.4, 0.5) is 5.69 Å². The van der Waals surface area contributed by atoms with Gasteiger partial charge in [-0.15, -0.1) is 0 Å². The van der Waals surface area contributed by atoms with E-state index in [0.717, 1.165) is 11.1 Å². The van der Waals surface area contributed by atoms with Crippen LogP contribution in [-0.2, 0) is 16.0 Å². The van der Waals surface area contributed by atoms with Crippen molar-refractivity contribution in [3.63, 3.8) is 0 Å². The number of ether oxygens (including phenoxy) is 1. The van der Waals surface area contributed by atoms with E-state index in [2.05, 4.69) is 0 Å². The normalized spacial score (nSPS) is 17.5. The maximum absolute atomic E-state index is 12.5. The molecule has 0 aliphatic carbocycles. The Labute approximate surface area is 139 Å². The van der Waals surface area contributed by atoms with E-state index in [0.29, 0.717) is 19.7 Å². The molecule has 0 unspecified atom stereocenters. The highest BCUT2D eigenvalue weighted by atomic mass is 16.6. The number of nitro benzene ring substituents is 1. The van der Waals surface area contributed by atoms with Crippen LogP contribution in [-0.4, -0.2) is 35.4 Å². The quantitative estimate of drug-likeness (QED) is 0.640. The van der Waals surface area contributed by atoms with Gasteiger partial charge in [0.05, 0.1) is 24.5 Å². The number of nitro groups is 1. The number of rotatable bonds is 4. The third kappa shape index (κ3) is 3.78. The van der Waals surface area contributed by atoms with Gasteiger partial charge in [0.1, 0.15) is 6.10 Å². The Bertz CT molecular complexity index is 716. The molecule has 1 saturated heterocycles. The predicted octanol–water partition coefficient (Wildman–Crippen LogP) is 2.74. The average Bonchev–Trinajstić information content (AvgIpc) is 2.63. The summed E-state index contributed by atoms with van der Waals surface area (Å²) in [5.41, 5.74) is 1.86. The summed E-state index contributed by atoms with van der Waals surface area (Å²) in [5, 5.41) is 10.7. The smallest absolute Gasteiger partial charge is 0.269 e. The number of amides is 1. The van der Waals surface area contributed by atoms with Crippen molar-refractivity contribution in [1.29, 1.82) is 0 Å². The van der Waals surface area contributed by atoms with Crippen LogP contribution in [0.3, 0.4) is 0 Å². The Morgan fingerprint density at radius 1 is 1.17 bits per heavy atom.